The molecule has 0 saturated heterocycles. The summed E-state index contributed by atoms with van der Waals surface area (Å²) >= 11 is 0. The van der Waals surface area contributed by atoms with Crippen LogP contribution in [0, 0.1) is 11.8 Å². The van der Waals surface area contributed by atoms with Gasteiger partial charge in [-0.15, -0.1) is 0 Å². The number of amides is 2. The lowest BCUT2D eigenvalue weighted by atomic mass is 9.86. The van der Waals surface area contributed by atoms with Gasteiger partial charge in [-0.05, 0) is 44.6 Å². The Morgan fingerprint density at radius 1 is 1.07 bits per heavy atom. The predicted octanol–water partition coefficient (Wildman–Crippen LogP) is 2.67. The van der Waals surface area contributed by atoms with Gasteiger partial charge in [0.05, 0.1) is 11.4 Å². The summed E-state index contributed by atoms with van der Waals surface area (Å²) in [5.41, 5.74) is 12.0. The van der Waals surface area contributed by atoms with Gasteiger partial charge in [0.15, 0.2) is 6.10 Å². The van der Waals surface area contributed by atoms with Crippen LogP contribution in [0.2, 0.25) is 0 Å². The van der Waals surface area contributed by atoms with E-state index in [4.69, 9.17) is 25.7 Å². The van der Waals surface area contributed by atoms with Gasteiger partial charge in [-0.25, -0.2) is 4.79 Å². The van der Waals surface area contributed by atoms with Crippen molar-refractivity contribution in [3.05, 3.63) is 58.5 Å². The number of carbonyl (C=O) groups is 5. The van der Waals surface area contributed by atoms with E-state index in [-0.39, 0.29) is 40.8 Å². The molecule has 0 fully saturated rings. The maximum Gasteiger partial charge on any atom is 0.405 e. The predicted molar refractivity (Wildman–Crippen MR) is 147 cm³/mol. The third-order valence-corrected chi connectivity index (χ3v) is 6.83. The van der Waals surface area contributed by atoms with E-state index in [9.17, 15) is 24.0 Å². The zero-order valence-corrected chi connectivity index (χ0v) is 23.8. The van der Waals surface area contributed by atoms with Crippen molar-refractivity contribution in [3.8, 4) is 0 Å². The van der Waals surface area contributed by atoms with Crippen molar-refractivity contribution >= 4 is 29.5 Å². The second-order valence-corrected chi connectivity index (χ2v) is 10.2. The molecule has 2 rings (SSSR count). The van der Waals surface area contributed by atoms with Gasteiger partial charge in [-0.1, -0.05) is 38.2 Å². The molecule has 0 aromatic heterocycles. The van der Waals surface area contributed by atoms with E-state index < -0.39 is 47.8 Å². The molecular weight excluding hydrogens is 518 g/mol. The molecule has 5 N–H and O–H groups in total. The lowest BCUT2D eigenvalue weighted by Gasteiger charge is -2.27. The van der Waals surface area contributed by atoms with Crippen LogP contribution in [0.3, 0.4) is 0 Å². The van der Waals surface area contributed by atoms with Crippen LogP contribution >= 0.6 is 0 Å². The zero-order chi connectivity index (χ0) is 30.1. The number of esters is 1. The number of nitrogens with one attached hydrogen (secondary N) is 1. The molecule has 11 nitrogen and oxygen atoms in total. The van der Waals surface area contributed by atoms with Gasteiger partial charge < -0.3 is 31.0 Å². The fraction of sp³-hybridized carbons (Fsp3) is 0.483. The molecule has 1 heterocycles. The van der Waals surface area contributed by atoms with Gasteiger partial charge in [-0.3, -0.25) is 19.2 Å². The second kappa shape index (κ2) is 14.4. The molecule has 0 unspecified atom stereocenters. The Balaban J connectivity index is 2.57. The topological polar surface area (TPSA) is 177 Å². The summed E-state index contributed by atoms with van der Waals surface area (Å²) in [6.45, 7) is 8.37. The van der Waals surface area contributed by atoms with Crippen LogP contribution in [-0.2, 0) is 33.4 Å². The Bertz CT molecular complexity index is 1190. The van der Waals surface area contributed by atoms with E-state index in [1.165, 1.54) is 27.0 Å². The van der Waals surface area contributed by atoms with Crippen LogP contribution in [0.1, 0.15) is 53.9 Å². The molecule has 218 valence electrons. The highest BCUT2D eigenvalue weighted by Crippen LogP contribution is 2.28. The number of carbonyl (C=O) groups excluding carboxylic acids is 5. The van der Waals surface area contributed by atoms with E-state index >= 15 is 0 Å². The van der Waals surface area contributed by atoms with Crippen LogP contribution in [0.4, 0.5) is 4.79 Å². The molecule has 1 aliphatic heterocycles. The van der Waals surface area contributed by atoms with Gasteiger partial charge >= 0.3 is 12.1 Å². The number of allylic oxidation sites excluding steroid dienone is 4. The highest BCUT2D eigenvalue weighted by atomic mass is 16.6. The van der Waals surface area contributed by atoms with Crippen molar-refractivity contribution in [2.24, 2.45) is 23.3 Å². The monoisotopic (exact) mass is 557 g/mol. The van der Waals surface area contributed by atoms with Crippen LogP contribution in [0.25, 0.3) is 0 Å². The molecule has 40 heavy (non-hydrogen) atoms. The number of methoxy groups -OCH3 is 1. The van der Waals surface area contributed by atoms with Gasteiger partial charge in [0.1, 0.15) is 12.2 Å². The normalized spacial score (nSPS) is 30.7. The number of ether oxygens (including phenoxy) is 3. The molecular formula is C29H39N3O8. The first-order chi connectivity index (χ1) is 18.7. The number of primary amides is 1. The van der Waals surface area contributed by atoms with Crippen LogP contribution < -0.4 is 16.8 Å². The molecule has 0 aromatic carbocycles. The first kappa shape index (κ1) is 32.2. The highest BCUT2D eigenvalue weighted by Gasteiger charge is 2.31. The first-order valence-corrected chi connectivity index (χ1v) is 13.0. The smallest absolute Gasteiger partial charge is 0.405 e. The first-order valence-electron chi connectivity index (χ1n) is 13.0. The Kier molecular flexibility index (Phi) is 11.6. The molecule has 11 heteroatoms. The molecule has 1 aliphatic carbocycles. The van der Waals surface area contributed by atoms with Crippen LogP contribution in [0.15, 0.2) is 58.5 Å². The number of ketones is 2. The van der Waals surface area contributed by atoms with Crippen molar-refractivity contribution in [2.75, 3.05) is 7.11 Å². The summed E-state index contributed by atoms with van der Waals surface area (Å²) in [5, 5.41) is 2.51. The summed E-state index contributed by atoms with van der Waals surface area (Å²) in [5.74, 6) is -2.53. The van der Waals surface area contributed by atoms with Crippen LogP contribution in [0.5, 0.6) is 0 Å². The summed E-state index contributed by atoms with van der Waals surface area (Å²) in [6, 6.07) is 0. The van der Waals surface area contributed by atoms with Crippen molar-refractivity contribution in [1.29, 1.82) is 0 Å². The Labute approximate surface area is 234 Å². The van der Waals surface area contributed by atoms with Crippen molar-refractivity contribution < 1.29 is 38.2 Å². The average molecular weight is 558 g/mol. The summed E-state index contributed by atoms with van der Waals surface area (Å²) in [6.07, 6.45) is 5.44. The third kappa shape index (κ3) is 8.77. The number of Topliss-reactive ketones (excluding diaryl/α,β-unsaturated/α-hetero) is 1. The largest absolute Gasteiger partial charge is 0.462 e. The number of nitrogens with two attached hydrogens (primary N) is 2. The van der Waals surface area contributed by atoms with E-state index in [0.29, 0.717) is 18.4 Å². The van der Waals surface area contributed by atoms with Crippen molar-refractivity contribution in [3.63, 3.8) is 0 Å². The molecule has 2 amide bonds. The molecule has 5 atom stereocenters. The summed E-state index contributed by atoms with van der Waals surface area (Å²) in [4.78, 5) is 62.1. The quantitative estimate of drug-likeness (QED) is 0.267. The molecule has 2 bridgehead atoms. The molecule has 0 spiro atoms. The lowest BCUT2D eigenvalue weighted by molar-refractivity contribution is -0.148. The van der Waals surface area contributed by atoms with Crippen LogP contribution in [-0.4, -0.2) is 55.0 Å². The minimum absolute atomic E-state index is 0.118. The van der Waals surface area contributed by atoms with E-state index in [2.05, 4.69) is 5.32 Å². The maximum atomic E-state index is 13.2. The SMILES string of the molecule is CO[C@H]1/C=C\C=C(/C)C(=O)NC2=CC(=O)C(N)=C(C[C@@H](C)CC[C@H](OC(C)=O)[C@@H](C)/C=C(\C)[C@@H]1OC(N)=O)C2=O. The molecule has 0 aromatic rings. The molecule has 0 radical (unpaired) electrons. The maximum absolute atomic E-state index is 13.2. The second-order valence-electron chi connectivity index (χ2n) is 10.2. The van der Waals surface area contributed by atoms with Gasteiger partial charge in [0.25, 0.3) is 5.91 Å². The minimum atomic E-state index is -0.997. The summed E-state index contributed by atoms with van der Waals surface area (Å²) < 4.78 is 16.5. The Morgan fingerprint density at radius 3 is 2.35 bits per heavy atom. The van der Waals surface area contributed by atoms with Crippen molar-refractivity contribution in [1.82, 2.24) is 5.32 Å². The standard InChI is InChI=1S/C29H39N3O8/c1-15-10-11-23(39-19(5)33)17(3)13-18(4)27(40-29(31)37)24(38-6)9-7-8-16(2)28(36)32-21-14-22(34)25(30)20(12-15)26(21)35/h7-9,13-15,17,23-24,27H,10-12,30H2,1-6H3,(H2,31,37)(H,32,36)/b9-7-,16-8+,18-13+/t15-,17-,23-,24-,27-/m0/s1. The lowest BCUT2D eigenvalue weighted by Crippen LogP contribution is -2.35. The zero-order valence-electron chi connectivity index (χ0n) is 23.8. The van der Waals surface area contributed by atoms with Gasteiger partial charge in [0, 0.05) is 37.2 Å². The fourth-order valence-corrected chi connectivity index (χ4v) is 4.62. The Hall–Kier alpha value is -3.99. The van der Waals surface area contributed by atoms with Gasteiger partial charge in [-0.2, -0.15) is 0 Å². The number of fused-ring (bicyclic) bond motifs is 2. The highest BCUT2D eigenvalue weighted by molar-refractivity contribution is 6.23. The Morgan fingerprint density at radius 2 is 1.75 bits per heavy atom. The third-order valence-electron chi connectivity index (χ3n) is 6.83. The fourth-order valence-electron chi connectivity index (χ4n) is 4.62. The summed E-state index contributed by atoms with van der Waals surface area (Å²) in [7, 11) is 1.43. The minimum Gasteiger partial charge on any atom is -0.462 e. The molecule has 0 saturated carbocycles. The van der Waals surface area contributed by atoms with E-state index in [1.807, 2.05) is 19.9 Å². The van der Waals surface area contributed by atoms with E-state index in [0.717, 1.165) is 6.08 Å². The number of hydrogen-bond acceptors (Lipinski definition) is 9. The molecule has 2 aliphatic rings. The van der Waals surface area contributed by atoms with Crippen molar-refractivity contribution in [2.45, 2.75) is 72.2 Å². The van der Waals surface area contributed by atoms with E-state index in [1.54, 1.807) is 19.1 Å². The number of rotatable bonds is 3. The number of hydrogen-bond donors (Lipinski definition) is 3. The van der Waals surface area contributed by atoms with Gasteiger partial charge in [0.2, 0.25) is 11.6 Å². The average Bonchev–Trinajstić information content (AvgIpc) is 2.87.